The zero-order chi connectivity index (χ0) is 17.3. The minimum Gasteiger partial charge on any atom is -0.501 e. The van der Waals surface area contributed by atoms with Crippen LogP contribution in [0.4, 0.5) is 5.69 Å². The molecular weight excluding hydrogens is 376 g/mol. The van der Waals surface area contributed by atoms with Crippen LogP contribution in [0.5, 0.6) is 5.75 Å². The zero-order valence-corrected chi connectivity index (χ0v) is 13.6. The van der Waals surface area contributed by atoms with Crippen LogP contribution in [-0.2, 0) is 0 Å². The molecule has 0 spiro atoms. The number of aromatic hydroxyl groups is 1. The number of nitrogens with zero attached hydrogens (tertiary/aromatic N) is 3. The molecule has 3 rings (SSSR count). The molecule has 0 aliphatic carbocycles. The maximum absolute atomic E-state index is 11.0. The number of rotatable bonds is 3. The van der Waals surface area contributed by atoms with Crippen molar-refractivity contribution in [3.8, 4) is 11.8 Å². The van der Waals surface area contributed by atoms with Gasteiger partial charge >= 0.3 is 5.69 Å². The normalized spacial score (nSPS) is 11.4. The Morgan fingerprint density at radius 2 is 2.17 bits per heavy atom. The molecule has 0 radical (unpaired) electrons. The van der Waals surface area contributed by atoms with Crippen LogP contribution >= 0.6 is 15.9 Å². The maximum atomic E-state index is 11.0. The number of hydrogen-bond donors (Lipinski definition) is 2. The van der Waals surface area contributed by atoms with Gasteiger partial charge in [-0.3, -0.25) is 10.1 Å². The van der Waals surface area contributed by atoms with E-state index in [1.807, 2.05) is 30.3 Å². The standard InChI is InChI=1S/C16H9BrN4O3/c17-11-6-9(7-14(15(11)22)21(23)24)5-10(8-18)16-19-12-3-1-2-4-13(12)20-16/h1-7,22H,(H,19,20)/b10-5+. The lowest BCUT2D eigenvalue weighted by Gasteiger charge is -2.02. The molecular formula is C16H9BrN4O3. The van der Waals surface area contributed by atoms with E-state index < -0.39 is 16.4 Å². The number of halogens is 1. The number of hydrogen-bond acceptors (Lipinski definition) is 5. The van der Waals surface area contributed by atoms with Crippen molar-refractivity contribution in [3.63, 3.8) is 0 Å². The molecule has 0 fully saturated rings. The van der Waals surface area contributed by atoms with Crippen LogP contribution in [-0.4, -0.2) is 20.0 Å². The Bertz CT molecular complexity index is 1000. The van der Waals surface area contributed by atoms with Gasteiger partial charge in [0, 0.05) is 6.07 Å². The summed E-state index contributed by atoms with van der Waals surface area (Å²) in [6.07, 6.45) is 1.47. The van der Waals surface area contributed by atoms with Crippen LogP contribution < -0.4 is 0 Å². The Labute approximate surface area is 144 Å². The molecule has 0 amide bonds. The lowest BCUT2D eigenvalue weighted by atomic mass is 10.1. The van der Waals surface area contributed by atoms with Crippen LogP contribution in [0.2, 0.25) is 0 Å². The first-order chi connectivity index (χ1) is 11.5. The predicted molar refractivity (Wildman–Crippen MR) is 92.0 cm³/mol. The van der Waals surface area contributed by atoms with E-state index >= 15 is 0 Å². The van der Waals surface area contributed by atoms with Gasteiger partial charge in [0.2, 0.25) is 5.75 Å². The van der Waals surface area contributed by atoms with Crippen molar-refractivity contribution < 1.29 is 10.0 Å². The highest BCUT2D eigenvalue weighted by molar-refractivity contribution is 9.10. The molecule has 0 saturated heterocycles. The molecule has 8 heteroatoms. The van der Waals surface area contributed by atoms with Gasteiger partial charge in [-0.2, -0.15) is 5.26 Å². The summed E-state index contributed by atoms with van der Waals surface area (Å²) in [7, 11) is 0. The second-order valence-electron chi connectivity index (χ2n) is 4.90. The number of fused-ring (bicyclic) bond motifs is 1. The number of imidazole rings is 1. The van der Waals surface area contributed by atoms with Crippen LogP contribution in [0.1, 0.15) is 11.4 Å². The first-order valence-electron chi connectivity index (χ1n) is 6.73. The Hall–Kier alpha value is -3.18. The first kappa shape index (κ1) is 15.7. The van der Waals surface area contributed by atoms with Gasteiger partial charge in [-0.25, -0.2) is 4.98 Å². The Balaban J connectivity index is 2.11. The molecule has 0 aliphatic rings. The summed E-state index contributed by atoms with van der Waals surface area (Å²) < 4.78 is 0.171. The van der Waals surface area contributed by atoms with E-state index in [-0.39, 0.29) is 10.0 Å². The second kappa shape index (κ2) is 6.14. The molecule has 2 aromatic carbocycles. The van der Waals surface area contributed by atoms with Gasteiger partial charge in [-0.1, -0.05) is 12.1 Å². The summed E-state index contributed by atoms with van der Waals surface area (Å²) in [5, 5.41) is 30.1. The number of nitro groups is 1. The molecule has 0 aliphatic heterocycles. The maximum Gasteiger partial charge on any atom is 0.312 e. The Kier molecular flexibility index (Phi) is 4.02. The fourth-order valence-corrected chi connectivity index (χ4v) is 2.70. The van der Waals surface area contributed by atoms with Gasteiger partial charge in [0.05, 0.1) is 26.0 Å². The van der Waals surface area contributed by atoms with Crippen LogP contribution in [0.15, 0.2) is 40.9 Å². The average Bonchev–Trinajstić information content (AvgIpc) is 2.99. The third-order valence-electron chi connectivity index (χ3n) is 3.34. The van der Waals surface area contributed by atoms with E-state index in [4.69, 9.17) is 0 Å². The molecule has 0 unspecified atom stereocenters. The zero-order valence-electron chi connectivity index (χ0n) is 12.0. The van der Waals surface area contributed by atoms with Crippen molar-refractivity contribution >= 4 is 44.3 Å². The van der Waals surface area contributed by atoms with E-state index in [1.54, 1.807) is 0 Å². The number of allylic oxidation sites excluding steroid dienone is 1. The van der Waals surface area contributed by atoms with Crippen molar-refractivity contribution in [1.82, 2.24) is 9.97 Å². The SMILES string of the molecule is N#C/C(=C\c1cc(Br)c(O)c([N+](=O)[O-])c1)c1nc2ccccc2[nH]1. The van der Waals surface area contributed by atoms with Crippen molar-refractivity contribution in [2.45, 2.75) is 0 Å². The van der Waals surface area contributed by atoms with Crippen molar-refractivity contribution in [1.29, 1.82) is 5.26 Å². The van der Waals surface area contributed by atoms with E-state index in [0.29, 0.717) is 16.9 Å². The molecule has 24 heavy (non-hydrogen) atoms. The number of aromatic amines is 1. The summed E-state index contributed by atoms with van der Waals surface area (Å²) >= 11 is 3.07. The highest BCUT2D eigenvalue weighted by Crippen LogP contribution is 2.36. The largest absolute Gasteiger partial charge is 0.501 e. The highest BCUT2D eigenvalue weighted by Gasteiger charge is 2.18. The number of para-hydroxylation sites is 2. The van der Waals surface area contributed by atoms with Crippen molar-refractivity contribution in [2.24, 2.45) is 0 Å². The number of H-pyrrole nitrogens is 1. The lowest BCUT2D eigenvalue weighted by molar-refractivity contribution is -0.386. The van der Waals surface area contributed by atoms with Gasteiger partial charge in [-0.05, 0) is 45.8 Å². The van der Waals surface area contributed by atoms with E-state index in [0.717, 1.165) is 5.52 Å². The fourth-order valence-electron chi connectivity index (χ4n) is 2.23. The molecule has 118 valence electrons. The minimum atomic E-state index is -0.690. The molecule has 3 aromatic rings. The van der Waals surface area contributed by atoms with Gasteiger partial charge in [0.1, 0.15) is 11.9 Å². The molecule has 1 aromatic heterocycles. The van der Waals surface area contributed by atoms with Gasteiger partial charge < -0.3 is 10.1 Å². The van der Waals surface area contributed by atoms with Crippen molar-refractivity contribution in [3.05, 3.63) is 62.4 Å². The third-order valence-corrected chi connectivity index (χ3v) is 3.94. The van der Waals surface area contributed by atoms with Crippen LogP contribution in [0.25, 0.3) is 22.7 Å². The second-order valence-corrected chi connectivity index (χ2v) is 5.75. The summed E-state index contributed by atoms with van der Waals surface area (Å²) in [6.45, 7) is 0. The number of nitro benzene ring substituents is 1. The summed E-state index contributed by atoms with van der Waals surface area (Å²) in [5.74, 6) is -0.0926. The van der Waals surface area contributed by atoms with Crippen molar-refractivity contribution in [2.75, 3.05) is 0 Å². The molecule has 0 atom stereocenters. The summed E-state index contributed by atoms with van der Waals surface area (Å²) in [4.78, 5) is 17.7. The number of nitrogens with one attached hydrogen (secondary N) is 1. The Morgan fingerprint density at radius 1 is 1.42 bits per heavy atom. The predicted octanol–water partition coefficient (Wildman–Crippen LogP) is 4.00. The van der Waals surface area contributed by atoms with Gasteiger partial charge in [0.15, 0.2) is 0 Å². The number of benzene rings is 2. The van der Waals surface area contributed by atoms with Crippen LogP contribution in [0.3, 0.4) is 0 Å². The van der Waals surface area contributed by atoms with E-state index in [2.05, 4.69) is 25.9 Å². The molecule has 0 bridgehead atoms. The quantitative estimate of drug-likeness (QED) is 0.402. The third kappa shape index (κ3) is 2.85. The van der Waals surface area contributed by atoms with E-state index in [1.165, 1.54) is 18.2 Å². The topological polar surface area (TPSA) is 116 Å². The number of phenolic OH excluding ortho intramolecular Hbond substituents is 1. The summed E-state index contributed by atoms with van der Waals surface area (Å²) in [6, 6.07) is 12.0. The van der Waals surface area contributed by atoms with Gasteiger partial charge in [0.25, 0.3) is 0 Å². The van der Waals surface area contributed by atoms with E-state index in [9.17, 15) is 20.5 Å². The molecule has 0 saturated carbocycles. The first-order valence-corrected chi connectivity index (χ1v) is 7.52. The number of phenols is 1. The Morgan fingerprint density at radius 3 is 2.83 bits per heavy atom. The number of aromatic nitrogens is 2. The fraction of sp³-hybridized carbons (Fsp3) is 0. The average molecular weight is 385 g/mol. The van der Waals surface area contributed by atoms with Crippen LogP contribution in [0, 0.1) is 21.4 Å². The molecule has 7 nitrogen and oxygen atoms in total. The number of nitriles is 1. The lowest BCUT2D eigenvalue weighted by Crippen LogP contribution is -1.91. The highest BCUT2D eigenvalue weighted by atomic mass is 79.9. The molecule has 1 heterocycles. The monoisotopic (exact) mass is 384 g/mol. The minimum absolute atomic E-state index is 0.171. The molecule has 2 N–H and O–H groups in total. The van der Waals surface area contributed by atoms with Gasteiger partial charge in [-0.15, -0.1) is 0 Å². The smallest absolute Gasteiger partial charge is 0.312 e. The summed E-state index contributed by atoms with van der Waals surface area (Å²) in [5.41, 5.74) is 1.66.